The van der Waals surface area contributed by atoms with Crippen LogP contribution in [0.3, 0.4) is 0 Å². The summed E-state index contributed by atoms with van der Waals surface area (Å²) in [6.45, 7) is 3.31. The molecule has 3 amide bonds. The first-order chi connectivity index (χ1) is 20.3. The second-order valence-electron chi connectivity index (χ2n) is 10.4. The average molecular weight is 586 g/mol. The Morgan fingerprint density at radius 1 is 1.00 bits per heavy atom. The average Bonchev–Trinajstić information content (AvgIpc) is 3.24. The lowest BCUT2D eigenvalue weighted by atomic mass is 10.1. The van der Waals surface area contributed by atoms with Crippen molar-refractivity contribution < 1.29 is 39.3 Å². The quantitative estimate of drug-likeness (QED) is 0.143. The van der Waals surface area contributed by atoms with Crippen LogP contribution in [0.1, 0.15) is 74.7 Å². The molecule has 1 saturated heterocycles. The highest BCUT2D eigenvalue weighted by atomic mass is 16.7. The Bertz CT molecular complexity index is 1170. The first-order valence-electron chi connectivity index (χ1n) is 14.6. The predicted octanol–water partition coefficient (Wildman–Crippen LogP) is 3.74. The Morgan fingerprint density at radius 2 is 1.74 bits per heavy atom. The first kappa shape index (κ1) is 33.0. The molecule has 1 heterocycles. The fourth-order valence-electron chi connectivity index (χ4n) is 4.73. The van der Waals surface area contributed by atoms with E-state index in [4.69, 9.17) is 9.57 Å². The van der Waals surface area contributed by atoms with Crippen LogP contribution in [-0.2, 0) is 32.2 Å². The summed E-state index contributed by atoms with van der Waals surface area (Å²) >= 11 is 0. The Balaban J connectivity index is 1.18. The van der Waals surface area contributed by atoms with Crippen LogP contribution in [-0.4, -0.2) is 71.1 Å². The Labute approximate surface area is 247 Å². The van der Waals surface area contributed by atoms with Crippen molar-refractivity contribution >= 4 is 23.6 Å². The van der Waals surface area contributed by atoms with Crippen molar-refractivity contribution in [3.8, 4) is 5.75 Å². The molecule has 1 fully saturated rings. The third-order valence-corrected chi connectivity index (χ3v) is 6.98. The van der Waals surface area contributed by atoms with Gasteiger partial charge in [-0.05, 0) is 74.0 Å². The van der Waals surface area contributed by atoms with E-state index in [9.17, 15) is 29.7 Å². The molecule has 1 atom stereocenters. The minimum Gasteiger partial charge on any atom is -0.508 e. The fourth-order valence-corrected chi connectivity index (χ4v) is 4.73. The predicted molar refractivity (Wildman–Crippen MR) is 156 cm³/mol. The van der Waals surface area contributed by atoms with Crippen molar-refractivity contribution in [2.45, 2.75) is 71.0 Å². The van der Waals surface area contributed by atoms with Crippen molar-refractivity contribution in [1.82, 2.24) is 10.4 Å². The summed E-state index contributed by atoms with van der Waals surface area (Å²) in [5, 5.41) is 33.2. The number of urea groups is 1. The molecule has 230 valence electrons. The highest BCUT2D eigenvalue weighted by Crippen LogP contribution is 2.24. The molecule has 2 aromatic rings. The number of anilines is 1. The second kappa shape index (κ2) is 17.4. The maximum Gasteiger partial charge on any atom is 0.365 e. The number of carbonyl (C=O) groups is 3. The van der Waals surface area contributed by atoms with E-state index in [0.717, 1.165) is 86.7 Å². The van der Waals surface area contributed by atoms with Crippen molar-refractivity contribution in [3.63, 3.8) is 0 Å². The number of hydrogen-bond donors (Lipinski definition) is 4. The smallest absolute Gasteiger partial charge is 0.365 e. The van der Waals surface area contributed by atoms with Gasteiger partial charge in [0, 0.05) is 32.2 Å². The van der Waals surface area contributed by atoms with Gasteiger partial charge >= 0.3 is 12.0 Å². The van der Waals surface area contributed by atoms with Gasteiger partial charge in [0.15, 0.2) is 0 Å². The largest absolute Gasteiger partial charge is 0.508 e. The van der Waals surface area contributed by atoms with E-state index in [-0.39, 0.29) is 18.9 Å². The van der Waals surface area contributed by atoms with Crippen LogP contribution in [0.2, 0.25) is 0 Å². The molecule has 1 aliphatic rings. The summed E-state index contributed by atoms with van der Waals surface area (Å²) in [5.74, 6) is -1.06. The first-order valence-corrected chi connectivity index (χ1v) is 14.6. The Hall–Kier alpha value is -3.51. The topological polar surface area (TPSA) is 149 Å². The molecule has 1 aliphatic heterocycles. The molecule has 0 aromatic heterocycles. The zero-order valence-corrected chi connectivity index (χ0v) is 24.3. The number of hydrogen-bond acceptors (Lipinski definition) is 9. The number of nitrogens with zero attached hydrogens (tertiary/aromatic N) is 2. The lowest BCUT2D eigenvalue weighted by Gasteiger charge is -2.16. The molecule has 2 aromatic carbocycles. The number of aromatic hydroxyl groups is 1. The molecule has 0 radical (unpaired) electrons. The lowest BCUT2D eigenvalue weighted by molar-refractivity contribution is -0.171. The minimum atomic E-state index is -0.692. The summed E-state index contributed by atoms with van der Waals surface area (Å²) in [4.78, 5) is 41.8. The number of aliphatic hydroxyl groups excluding tert-OH is 2. The van der Waals surface area contributed by atoms with Crippen molar-refractivity contribution in [1.29, 1.82) is 0 Å². The van der Waals surface area contributed by atoms with Gasteiger partial charge in [0.1, 0.15) is 12.3 Å². The number of unbranched alkanes of at least 4 members (excludes halogenated alkanes) is 5. The van der Waals surface area contributed by atoms with E-state index in [1.807, 2.05) is 18.2 Å². The number of hydroxylamine groups is 2. The number of aryl methyl sites for hydroxylation is 1. The van der Waals surface area contributed by atoms with E-state index < -0.39 is 24.0 Å². The SMILES string of the molecule is CC(=O)ON1CC(=O)N(c2cccc(CCCCCOCCCCCCNC[C@@H](O)c3ccc(O)c(CO)c3)c2)C1=O. The van der Waals surface area contributed by atoms with E-state index >= 15 is 0 Å². The molecule has 42 heavy (non-hydrogen) atoms. The van der Waals surface area contributed by atoms with Crippen LogP contribution in [0.15, 0.2) is 42.5 Å². The number of imide groups is 1. The molecular formula is C31H43N3O8. The van der Waals surface area contributed by atoms with Gasteiger partial charge in [-0.15, -0.1) is 5.06 Å². The van der Waals surface area contributed by atoms with Crippen molar-refractivity contribution in [2.75, 3.05) is 37.7 Å². The van der Waals surface area contributed by atoms with Crippen molar-refractivity contribution in [2.24, 2.45) is 0 Å². The van der Waals surface area contributed by atoms with Gasteiger partial charge in [-0.3, -0.25) is 9.59 Å². The molecule has 0 spiro atoms. The number of rotatable bonds is 19. The maximum absolute atomic E-state index is 12.5. The summed E-state index contributed by atoms with van der Waals surface area (Å²) < 4.78 is 5.76. The molecule has 0 saturated carbocycles. The Morgan fingerprint density at radius 3 is 2.48 bits per heavy atom. The standard InChI is InChI=1S/C31H43N3O8/c1-23(36)42-33-21-30(39)34(31(33)40)27-12-9-11-24(18-27)10-5-4-8-17-41-16-7-3-2-6-15-32-20-29(38)25-13-14-28(37)26(19-25)22-35/h9,11-14,18-19,29,32,35,37-38H,2-8,10,15-17,20-22H2,1H3/t29-/m1/s1. The molecule has 4 N–H and O–H groups in total. The Kier molecular flexibility index (Phi) is 13.7. The van der Waals surface area contributed by atoms with Gasteiger partial charge in [-0.25, -0.2) is 9.69 Å². The highest BCUT2D eigenvalue weighted by molar-refractivity contribution is 6.19. The maximum atomic E-state index is 12.5. The summed E-state index contributed by atoms with van der Waals surface area (Å²) in [5.41, 5.74) is 2.57. The van der Waals surface area contributed by atoms with E-state index in [1.165, 1.54) is 13.0 Å². The fraction of sp³-hybridized carbons (Fsp3) is 0.516. The van der Waals surface area contributed by atoms with E-state index in [2.05, 4.69) is 5.32 Å². The number of amides is 3. The van der Waals surface area contributed by atoms with Crippen LogP contribution in [0.4, 0.5) is 10.5 Å². The van der Waals surface area contributed by atoms with Gasteiger partial charge in [0.05, 0.1) is 18.4 Å². The summed E-state index contributed by atoms with van der Waals surface area (Å²) in [7, 11) is 0. The van der Waals surface area contributed by atoms with Gasteiger partial charge < -0.3 is 30.2 Å². The molecule has 11 heteroatoms. The molecule has 11 nitrogen and oxygen atoms in total. The molecule has 0 aliphatic carbocycles. The number of nitrogens with one attached hydrogen (secondary N) is 1. The van der Waals surface area contributed by atoms with Gasteiger partial charge in [-0.1, -0.05) is 37.5 Å². The van der Waals surface area contributed by atoms with Crippen LogP contribution in [0.5, 0.6) is 5.75 Å². The monoisotopic (exact) mass is 585 g/mol. The van der Waals surface area contributed by atoms with Crippen LogP contribution in [0.25, 0.3) is 0 Å². The zero-order chi connectivity index (χ0) is 30.3. The van der Waals surface area contributed by atoms with Crippen LogP contribution in [0, 0.1) is 0 Å². The number of aliphatic hydroxyl groups is 2. The van der Waals surface area contributed by atoms with Crippen molar-refractivity contribution in [3.05, 3.63) is 59.2 Å². The number of phenols is 1. The zero-order valence-electron chi connectivity index (χ0n) is 24.3. The van der Waals surface area contributed by atoms with Gasteiger partial charge in [0.25, 0.3) is 5.91 Å². The molecule has 3 rings (SSSR count). The van der Waals surface area contributed by atoms with E-state index in [1.54, 1.807) is 18.2 Å². The number of carbonyl (C=O) groups excluding carboxylic acids is 3. The molecule has 0 unspecified atom stereocenters. The summed E-state index contributed by atoms with van der Waals surface area (Å²) in [6, 6.07) is 11.4. The number of ether oxygens (including phenoxy) is 1. The minimum absolute atomic E-state index is 0.0269. The summed E-state index contributed by atoms with van der Waals surface area (Å²) in [6.07, 6.45) is 7.25. The third kappa shape index (κ3) is 10.4. The third-order valence-electron chi connectivity index (χ3n) is 6.98. The van der Waals surface area contributed by atoms with Gasteiger partial charge in [0.2, 0.25) is 0 Å². The van der Waals surface area contributed by atoms with Crippen LogP contribution < -0.4 is 10.2 Å². The van der Waals surface area contributed by atoms with Gasteiger partial charge in [-0.2, -0.15) is 0 Å². The van der Waals surface area contributed by atoms with Crippen LogP contribution >= 0.6 is 0 Å². The number of benzene rings is 2. The van der Waals surface area contributed by atoms with E-state index in [0.29, 0.717) is 23.4 Å². The molecule has 0 bridgehead atoms. The normalized spacial score (nSPS) is 14.1. The highest BCUT2D eigenvalue weighted by Gasteiger charge is 2.39. The molecular weight excluding hydrogens is 542 g/mol. The second-order valence-corrected chi connectivity index (χ2v) is 10.4. The lowest BCUT2D eigenvalue weighted by Crippen LogP contribution is -2.34.